The zero-order valence-electron chi connectivity index (χ0n) is 8.10. The summed E-state index contributed by atoms with van der Waals surface area (Å²) >= 11 is 1.80. The topological polar surface area (TPSA) is 56.7 Å². The van der Waals surface area contributed by atoms with E-state index in [1.807, 2.05) is 4.57 Å². The number of hydrogen-bond acceptors (Lipinski definition) is 4. The van der Waals surface area contributed by atoms with Gasteiger partial charge in [0.1, 0.15) is 12.2 Å². The molecule has 0 aliphatic heterocycles. The number of nitrogens with two attached hydrogens (primary N) is 1. The van der Waals surface area contributed by atoms with Crippen molar-refractivity contribution in [1.29, 1.82) is 0 Å². The normalized spacial score (nSPS) is 13.2. The lowest BCUT2D eigenvalue weighted by atomic mass is 10.2. The molecule has 1 aromatic rings. The quantitative estimate of drug-likeness (QED) is 0.772. The first-order valence-corrected chi connectivity index (χ1v) is 5.81. The highest BCUT2D eigenvalue weighted by atomic mass is 32.2. The van der Waals surface area contributed by atoms with Gasteiger partial charge in [0.15, 0.2) is 0 Å². The van der Waals surface area contributed by atoms with Gasteiger partial charge in [-0.25, -0.2) is 0 Å². The van der Waals surface area contributed by atoms with Crippen LogP contribution in [0.15, 0.2) is 6.33 Å². The fourth-order valence-corrected chi connectivity index (χ4v) is 1.66. The molecule has 0 saturated carbocycles. The summed E-state index contributed by atoms with van der Waals surface area (Å²) in [6.45, 7) is 2.95. The highest BCUT2D eigenvalue weighted by Crippen LogP contribution is 2.13. The van der Waals surface area contributed by atoms with Gasteiger partial charge >= 0.3 is 0 Å². The van der Waals surface area contributed by atoms with Gasteiger partial charge in [-0.15, -0.1) is 10.2 Å². The Morgan fingerprint density at radius 2 is 2.46 bits per heavy atom. The molecule has 0 amide bonds. The minimum absolute atomic E-state index is 0.0231. The molecule has 0 spiro atoms. The third-order valence-electron chi connectivity index (χ3n) is 1.95. The Labute approximate surface area is 82.9 Å². The first-order chi connectivity index (χ1) is 6.29. The average Bonchev–Trinajstić information content (AvgIpc) is 2.61. The Morgan fingerprint density at radius 3 is 3.08 bits per heavy atom. The minimum atomic E-state index is 0.0231. The van der Waals surface area contributed by atoms with Gasteiger partial charge in [0.05, 0.1) is 6.04 Å². The number of hydrogen-bond donors (Lipinski definition) is 1. The molecule has 4 nitrogen and oxygen atoms in total. The van der Waals surface area contributed by atoms with Crippen molar-refractivity contribution < 1.29 is 0 Å². The molecule has 74 valence electrons. The molecule has 5 heteroatoms. The highest BCUT2D eigenvalue weighted by molar-refractivity contribution is 7.98. The maximum absolute atomic E-state index is 5.97. The van der Waals surface area contributed by atoms with Gasteiger partial charge in [0.25, 0.3) is 0 Å². The standard InChI is InChI=1S/C8H16N4S/c1-3-12-6-10-11-8(12)7(9)4-5-13-2/h6-7H,3-5,9H2,1-2H3/t7-/m0/s1. The lowest BCUT2D eigenvalue weighted by molar-refractivity contribution is 0.591. The molecule has 1 rings (SSSR count). The van der Waals surface area contributed by atoms with Crippen molar-refractivity contribution in [2.45, 2.75) is 25.9 Å². The molecule has 0 radical (unpaired) electrons. The molecule has 2 N–H and O–H groups in total. The number of nitrogens with zero attached hydrogens (tertiary/aromatic N) is 3. The fraction of sp³-hybridized carbons (Fsp3) is 0.750. The van der Waals surface area contributed by atoms with E-state index in [1.165, 1.54) is 0 Å². The van der Waals surface area contributed by atoms with Crippen LogP contribution in [0.5, 0.6) is 0 Å². The summed E-state index contributed by atoms with van der Waals surface area (Å²) in [6, 6.07) is 0.0231. The van der Waals surface area contributed by atoms with Crippen molar-refractivity contribution in [2.24, 2.45) is 5.73 Å². The predicted molar refractivity (Wildman–Crippen MR) is 55.6 cm³/mol. The summed E-state index contributed by atoms with van der Waals surface area (Å²) in [5, 5.41) is 7.87. The molecule has 0 fully saturated rings. The van der Waals surface area contributed by atoms with Crippen LogP contribution < -0.4 is 5.73 Å². The molecule has 0 aromatic carbocycles. The van der Waals surface area contributed by atoms with E-state index in [-0.39, 0.29) is 6.04 Å². The van der Waals surface area contributed by atoms with Gasteiger partial charge in [0, 0.05) is 6.54 Å². The monoisotopic (exact) mass is 200 g/mol. The number of aryl methyl sites for hydroxylation is 1. The summed E-state index contributed by atoms with van der Waals surface area (Å²) < 4.78 is 1.99. The van der Waals surface area contributed by atoms with E-state index in [1.54, 1.807) is 18.1 Å². The van der Waals surface area contributed by atoms with Crippen LogP contribution in [0.1, 0.15) is 25.2 Å². The lowest BCUT2D eigenvalue weighted by Crippen LogP contribution is -2.17. The fourth-order valence-electron chi connectivity index (χ4n) is 1.17. The summed E-state index contributed by atoms with van der Waals surface area (Å²) in [6.07, 6.45) is 4.77. The highest BCUT2D eigenvalue weighted by Gasteiger charge is 2.11. The van der Waals surface area contributed by atoms with Crippen LogP contribution in [0.4, 0.5) is 0 Å². The molecular weight excluding hydrogens is 184 g/mol. The van der Waals surface area contributed by atoms with E-state index in [0.717, 1.165) is 24.5 Å². The molecule has 0 aliphatic rings. The van der Waals surface area contributed by atoms with Crippen LogP contribution in [0.25, 0.3) is 0 Å². The van der Waals surface area contributed by atoms with Crippen LogP contribution in [0, 0.1) is 0 Å². The summed E-state index contributed by atoms with van der Waals surface area (Å²) in [4.78, 5) is 0. The van der Waals surface area contributed by atoms with Crippen LogP contribution in [-0.4, -0.2) is 26.8 Å². The van der Waals surface area contributed by atoms with E-state index in [9.17, 15) is 0 Å². The second kappa shape index (κ2) is 5.24. The van der Waals surface area contributed by atoms with Gasteiger partial charge in [-0.05, 0) is 25.4 Å². The van der Waals surface area contributed by atoms with E-state index in [2.05, 4.69) is 23.4 Å². The van der Waals surface area contributed by atoms with Gasteiger partial charge in [0.2, 0.25) is 0 Å². The average molecular weight is 200 g/mol. The van der Waals surface area contributed by atoms with E-state index >= 15 is 0 Å². The molecule has 13 heavy (non-hydrogen) atoms. The lowest BCUT2D eigenvalue weighted by Gasteiger charge is -2.10. The summed E-state index contributed by atoms with van der Waals surface area (Å²) in [5.74, 6) is 1.97. The Bertz CT molecular complexity index is 248. The van der Waals surface area contributed by atoms with Crippen molar-refractivity contribution in [3.63, 3.8) is 0 Å². The number of thioether (sulfide) groups is 1. The number of aromatic nitrogens is 3. The van der Waals surface area contributed by atoms with Crippen LogP contribution in [-0.2, 0) is 6.54 Å². The summed E-state index contributed by atoms with van der Waals surface area (Å²) in [5.41, 5.74) is 5.97. The van der Waals surface area contributed by atoms with Crippen molar-refractivity contribution in [1.82, 2.24) is 14.8 Å². The van der Waals surface area contributed by atoms with E-state index < -0.39 is 0 Å². The van der Waals surface area contributed by atoms with Gasteiger partial charge in [-0.3, -0.25) is 0 Å². The smallest absolute Gasteiger partial charge is 0.149 e. The predicted octanol–water partition coefficient (Wildman–Crippen LogP) is 1.05. The molecule has 0 unspecified atom stereocenters. The first-order valence-electron chi connectivity index (χ1n) is 4.41. The van der Waals surface area contributed by atoms with Crippen molar-refractivity contribution in [2.75, 3.05) is 12.0 Å². The maximum atomic E-state index is 5.97. The maximum Gasteiger partial charge on any atom is 0.149 e. The van der Waals surface area contributed by atoms with E-state index in [4.69, 9.17) is 5.73 Å². The van der Waals surface area contributed by atoms with Crippen LogP contribution in [0.2, 0.25) is 0 Å². The molecule has 1 aromatic heterocycles. The van der Waals surface area contributed by atoms with Crippen molar-refractivity contribution in [3.05, 3.63) is 12.2 Å². The van der Waals surface area contributed by atoms with Crippen LogP contribution >= 0.6 is 11.8 Å². The second-order valence-electron chi connectivity index (χ2n) is 2.86. The third-order valence-corrected chi connectivity index (χ3v) is 2.59. The second-order valence-corrected chi connectivity index (χ2v) is 3.85. The van der Waals surface area contributed by atoms with Crippen molar-refractivity contribution >= 4 is 11.8 Å². The Kier molecular flexibility index (Phi) is 4.24. The number of rotatable bonds is 5. The van der Waals surface area contributed by atoms with Gasteiger partial charge in [-0.2, -0.15) is 11.8 Å². The molecule has 1 heterocycles. The molecule has 0 bridgehead atoms. The van der Waals surface area contributed by atoms with Gasteiger partial charge < -0.3 is 10.3 Å². The zero-order valence-corrected chi connectivity index (χ0v) is 8.92. The molecule has 1 atom stereocenters. The van der Waals surface area contributed by atoms with Gasteiger partial charge in [-0.1, -0.05) is 0 Å². The van der Waals surface area contributed by atoms with E-state index in [0.29, 0.717) is 0 Å². The largest absolute Gasteiger partial charge is 0.321 e. The van der Waals surface area contributed by atoms with Crippen LogP contribution in [0.3, 0.4) is 0 Å². The Morgan fingerprint density at radius 1 is 1.69 bits per heavy atom. The molecule has 0 saturated heterocycles. The van der Waals surface area contributed by atoms with Crippen molar-refractivity contribution in [3.8, 4) is 0 Å². The Hall–Kier alpha value is -0.550. The Balaban J connectivity index is 2.59. The summed E-state index contributed by atoms with van der Waals surface area (Å²) in [7, 11) is 0. The third kappa shape index (κ3) is 2.70. The molecular formula is C8H16N4S. The molecule has 0 aliphatic carbocycles. The zero-order chi connectivity index (χ0) is 9.68. The minimum Gasteiger partial charge on any atom is -0.321 e. The SMILES string of the molecule is CCn1cnnc1[C@@H](N)CCSC. The first kappa shape index (κ1) is 10.5.